The number of hydrogen-bond acceptors (Lipinski definition) is 5. The lowest BCUT2D eigenvalue weighted by molar-refractivity contribution is -0.131. The Kier molecular flexibility index (Phi) is 5.75. The van der Waals surface area contributed by atoms with Gasteiger partial charge in [-0.2, -0.15) is 5.10 Å². The van der Waals surface area contributed by atoms with Gasteiger partial charge in [0.2, 0.25) is 5.91 Å². The van der Waals surface area contributed by atoms with Crippen molar-refractivity contribution >= 4 is 17.8 Å². The number of aromatic nitrogens is 3. The van der Waals surface area contributed by atoms with Crippen molar-refractivity contribution in [3.63, 3.8) is 0 Å². The fourth-order valence-corrected chi connectivity index (χ4v) is 4.39. The van der Waals surface area contributed by atoms with Crippen LogP contribution >= 0.6 is 0 Å². The molecule has 1 aliphatic heterocycles. The van der Waals surface area contributed by atoms with E-state index in [2.05, 4.69) is 20.7 Å². The summed E-state index contributed by atoms with van der Waals surface area (Å²) in [7, 11) is 0. The highest BCUT2D eigenvalue weighted by Gasteiger charge is 2.51. The number of aryl methyl sites for hydroxylation is 2. The number of hydrogen-bond donors (Lipinski definition) is 2. The van der Waals surface area contributed by atoms with E-state index in [0.717, 1.165) is 35.6 Å². The van der Waals surface area contributed by atoms with Gasteiger partial charge >= 0.3 is 6.03 Å². The van der Waals surface area contributed by atoms with Crippen LogP contribution in [0.25, 0.3) is 5.82 Å². The molecule has 2 aromatic rings. The highest BCUT2D eigenvalue weighted by molar-refractivity contribution is 6.07. The van der Waals surface area contributed by atoms with Crippen molar-refractivity contribution in [2.24, 2.45) is 0 Å². The number of imide groups is 1. The predicted molar refractivity (Wildman–Crippen MR) is 113 cm³/mol. The molecule has 1 saturated heterocycles. The van der Waals surface area contributed by atoms with E-state index in [1.807, 2.05) is 32.0 Å². The van der Waals surface area contributed by atoms with E-state index in [4.69, 9.17) is 0 Å². The topological polar surface area (TPSA) is 109 Å². The maximum absolute atomic E-state index is 12.6. The summed E-state index contributed by atoms with van der Waals surface area (Å²) in [6.45, 7) is 4.54. The molecule has 164 valence electrons. The maximum Gasteiger partial charge on any atom is 0.325 e. The number of amides is 4. The van der Waals surface area contributed by atoms with Gasteiger partial charge in [0.15, 0.2) is 5.82 Å². The molecule has 0 bridgehead atoms. The largest absolute Gasteiger partial charge is 0.352 e. The Morgan fingerprint density at radius 3 is 2.65 bits per heavy atom. The van der Waals surface area contributed by atoms with E-state index in [1.54, 1.807) is 10.9 Å². The van der Waals surface area contributed by atoms with Crippen molar-refractivity contribution in [1.82, 2.24) is 30.3 Å². The van der Waals surface area contributed by atoms with Gasteiger partial charge < -0.3 is 10.6 Å². The lowest BCUT2D eigenvalue weighted by atomic mass is 9.98. The van der Waals surface area contributed by atoms with Crippen LogP contribution < -0.4 is 10.6 Å². The zero-order chi connectivity index (χ0) is 22.0. The molecule has 0 unspecified atom stereocenters. The van der Waals surface area contributed by atoms with E-state index >= 15 is 0 Å². The molecule has 4 amide bonds. The number of rotatable bonds is 7. The molecule has 2 fully saturated rings. The van der Waals surface area contributed by atoms with Gasteiger partial charge in [-0.15, -0.1) is 0 Å². The van der Waals surface area contributed by atoms with Crippen molar-refractivity contribution in [3.05, 3.63) is 41.3 Å². The fraction of sp³-hybridized carbons (Fsp3) is 0.500. The lowest BCUT2D eigenvalue weighted by Gasteiger charge is -2.19. The molecule has 2 N–H and O–H groups in total. The molecule has 9 heteroatoms. The van der Waals surface area contributed by atoms with Crippen LogP contribution in [0.1, 0.15) is 55.5 Å². The van der Waals surface area contributed by atoms with E-state index in [0.29, 0.717) is 25.8 Å². The maximum atomic E-state index is 12.6. The van der Waals surface area contributed by atoms with Crippen molar-refractivity contribution in [1.29, 1.82) is 0 Å². The first-order chi connectivity index (χ1) is 14.9. The average molecular weight is 425 g/mol. The third-order valence-corrected chi connectivity index (χ3v) is 6.01. The smallest absolute Gasteiger partial charge is 0.325 e. The zero-order valence-electron chi connectivity index (χ0n) is 18.0. The van der Waals surface area contributed by atoms with Crippen LogP contribution in [-0.2, 0) is 16.1 Å². The third kappa shape index (κ3) is 4.30. The molecular weight excluding hydrogens is 396 g/mol. The Bertz CT molecular complexity index is 991. The second-order valence-electron chi connectivity index (χ2n) is 8.42. The highest BCUT2D eigenvalue weighted by Crippen LogP contribution is 2.35. The molecule has 2 aromatic heterocycles. The summed E-state index contributed by atoms with van der Waals surface area (Å²) in [5.41, 5.74) is 2.14. The average Bonchev–Trinajstić information content (AvgIpc) is 3.41. The molecule has 0 radical (unpaired) electrons. The van der Waals surface area contributed by atoms with E-state index in [-0.39, 0.29) is 30.8 Å². The molecule has 1 saturated carbocycles. The first kappa shape index (κ1) is 21.0. The number of nitrogens with one attached hydrogen (secondary N) is 2. The standard InChI is InChI=1S/C22H28N6O3/c1-15-12-16(2)28(26-15)18-8-7-17(13-23-18)14-24-19(29)6-5-11-27-20(30)22(25-21(27)31)9-3-4-10-22/h7-8,12-13H,3-6,9-11,14H2,1-2H3,(H,24,29)(H,25,31). The zero-order valence-corrected chi connectivity index (χ0v) is 18.0. The van der Waals surface area contributed by atoms with Crippen molar-refractivity contribution in [2.45, 2.75) is 64.5 Å². The Morgan fingerprint density at radius 2 is 2.00 bits per heavy atom. The Morgan fingerprint density at radius 1 is 1.23 bits per heavy atom. The van der Waals surface area contributed by atoms with E-state index in [1.165, 1.54) is 4.90 Å². The van der Waals surface area contributed by atoms with E-state index in [9.17, 15) is 14.4 Å². The number of nitrogens with zero attached hydrogens (tertiary/aromatic N) is 4. The third-order valence-electron chi connectivity index (χ3n) is 6.01. The molecule has 31 heavy (non-hydrogen) atoms. The van der Waals surface area contributed by atoms with Gasteiger partial charge in [0.25, 0.3) is 5.91 Å². The number of pyridine rings is 1. The molecule has 2 aliphatic rings. The summed E-state index contributed by atoms with van der Waals surface area (Å²) >= 11 is 0. The normalized spacial score (nSPS) is 17.4. The van der Waals surface area contributed by atoms with Crippen LogP contribution in [-0.4, -0.2) is 49.6 Å². The summed E-state index contributed by atoms with van der Waals surface area (Å²) in [5.74, 6) is 0.476. The van der Waals surface area contributed by atoms with Gasteiger partial charge in [0, 0.05) is 31.4 Å². The molecular formula is C22H28N6O3. The van der Waals surface area contributed by atoms with Crippen LogP contribution in [0.5, 0.6) is 0 Å². The first-order valence-electron chi connectivity index (χ1n) is 10.8. The SMILES string of the molecule is Cc1cc(C)n(-c2ccc(CNC(=O)CCCN3C(=O)NC4(CCCC4)C3=O)cn2)n1. The number of carbonyl (C=O) groups is 3. The van der Waals surface area contributed by atoms with Crippen molar-refractivity contribution in [2.75, 3.05) is 6.54 Å². The van der Waals surface area contributed by atoms with Gasteiger partial charge in [-0.1, -0.05) is 18.9 Å². The summed E-state index contributed by atoms with van der Waals surface area (Å²) in [5, 5.41) is 10.1. The molecule has 0 aromatic carbocycles. The van der Waals surface area contributed by atoms with Gasteiger partial charge in [-0.05, 0) is 50.8 Å². The molecule has 9 nitrogen and oxygen atoms in total. The van der Waals surface area contributed by atoms with Crippen LogP contribution in [0.4, 0.5) is 4.79 Å². The molecule has 4 rings (SSSR count). The van der Waals surface area contributed by atoms with Gasteiger partial charge in [0.05, 0.1) is 5.69 Å². The first-order valence-corrected chi connectivity index (χ1v) is 10.8. The van der Waals surface area contributed by atoms with Crippen molar-refractivity contribution < 1.29 is 14.4 Å². The second-order valence-corrected chi connectivity index (χ2v) is 8.42. The minimum absolute atomic E-state index is 0.120. The molecule has 0 atom stereocenters. The minimum atomic E-state index is -0.689. The van der Waals surface area contributed by atoms with Crippen LogP contribution in [0.2, 0.25) is 0 Å². The monoisotopic (exact) mass is 424 g/mol. The molecule has 1 spiro atoms. The van der Waals surface area contributed by atoms with Crippen LogP contribution in [0.3, 0.4) is 0 Å². The van der Waals surface area contributed by atoms with Gasteiger partial charge in [0.1, 0.15) is 5.54 Å². The summed E-state index contributed by atoms with van der Waals surface area (Å²) in [4.78, 5) is 42.7. The summed E-state index contributed by atoms with van der Waals surface area (Å²) in [6.07, 6.45) is 5.75. The van der Waals surface area contributed by atoms with Crippen LogP contribution in [0, 0.1) is 13.8 Å². The quantitative estimate of drug-likeness (QED) is 0.662. The van der Waals surface area contributed by atoms with Gasteiger partial charge in [-0.25, -0.2) is 14.5 Å². The number of urea groups is 1. The summed E-state index contributed by atoms with van der Waals surface area (Å²) in [6, 6.07) is 5.44. The number of carbonyl (C=O) groups excluding carboxylic acids is 3. The predicted octanol–water partition coefficient (Wildman–Crippen LogP) is 2.15. The Hall–Kier alpha value is -3.23. The van der Waals surface area contributed by atoms with Crippen molar-refractivity contribution in [3.8, 4) is 5.82 Å². The summed E-state index contributed by atoms with van der Waals surface area (Å²) < 4.78 is 1.78. The molecule has 1 aliphatic carbocycles. The molecule has 3 heterocycles. The van der Waals surface area contributed by atoms with E-state index < -0.39 is 5.54 Å². The van der Waals surface area contributed by atoms with Gasteiger partial charge in [-0.3, -0.25) is 14.5 Å². The second kappa shape index (κ2) is 8.49. The Balaban J connectivity index is 1.22. The lowest BCUT2D eigenvalue weighted by Crippen LogP contribution is -2.44. The fourth-order valence-electron chi connectivity index (χ4n) is 4.39. The highest BCUT2D eigenvalue weighted by atomic mass is 16.2. The minimum Gasteiger partial charge on any atom is -0.352 e. The van der Waals surface area contributed by atoms with Crippen LogP contribution in [0.15, 0.2) is 24.4 Å². The Labute approximate surface area is 181 Å².